The maximum absolute atomic E-state index is 9.53. The highest BCUT2D eigenvalue weighted by molar-refractivity contribution is 5.47. The Balaban J connectivity index is 2.11. The Kier molecular flexibility index (Phi) is 4.66. The van der Waals surface area contributed by atoms with E-state index in [9.17, 15) is 5.11 Å². The Morgan fingerprint density at radius 3 is 2.32 bits per heavy atom. The first-order valence-electron chi connectivity index (χ1n) is 6.76. The quantitative estimate of drug-likeness (QED) is 0.904. The van der Waals surface area contributed by atoms with Gasteiger partial charge in [0.05, 0.1) is 20.3 Å². The van der Waals surface area contributed by atoms with Crippen LogP contribution in [0, 0.1) is 6.92 Å². The Morgan fingerprint density at radius 2 is 1.74 bits per heavy atom. The first-order chi connectivity index (χ1) is 9.13. The van der Waals surface area contributed by atoms with Gasteiger partial charge < -0.3 is 14.6 Å². The van der Waals surface area contributed by atoms with Gasteiger partial charge in [-0.1, -0.05) is 0 Å². The van der Waals surface area contributed by atoms with Crippen LogP contribution in [0.4, 0.5) is 0 Å². The fraction of sp³-hybridized carbons (Fsp3) is 0.600. The maximum atomic E-state index is 9.53. The standard InChI is InChI=1S/C15H23NO3/c1-11-8-14(18-2)15(19-3)9-12(11)10-16-6-4-13(17)5-7-16/h8-9,13,17H,4-7,10H2,1-3H3. The minimum absolute atomic E-state index is 0.122. The lowest BCUT2D eigenvalue weighted by atomic mass is 10.0. The van der Waals surface area contributed by atoms with Crippen LogP contribution >= 0.6 is 0 Å². The van der Waals surface area contributed by atoms with Gasteiger partial charge in [-0.3, -0.25) is 4.90 Å². The molecule has 0 atom stereocenters. The molecule has 0 bridgehead atoms. The molecule has 1 saturated heterocycles. The number of hydrogen-bond acceptors (Lipinski definition) is 4. The topological polar surface area (TPSA) is 41.9 Å². The summed E-state index contributed by atoms with van der Waals surface area (Å²) >= 11 is 0. The zero-order valence-corrected chi connectivity index (χ0v) is 12.0. The third-order valence-corrected chi connectivity index (χ3v) is 3.79. The molecule has 1 aromatic carbocycles. The first kappa shape index (κ1) is 14.2. The zero-order valence-electron chi connectivity index (χ0n) is 12.0. The molecule has 1 aromatic rings. The van der Waals surface area contributed by atoms with E-state index in [4.69, 9.17) is 9.47 Å². The fourth-order valence-corrected chi connectivity index (χ4v) is 2.51. The number of piperidine rings is 1. The van der Waals surface area contributed by atoms with Crippen LogP contribution in [0.2, 0.25) is 0 Å². The Labute approximate surface area is 114 Å². The number of aliphatic hydroxyl groups excluding tert-OH is 1. The highest BCUT2D eigenvalue weighted by Gasteiger charge is 2.18. The SMILES string of the molecule is COc1cc(C)c(CN2CCC(O)CC2)cc1OC. The number of hydrogen-bond donors (Lipinski definition) is 1. The van der Waals surface area contributed by atoms with Crippen LogP contribution in [0.25, 0.3) is 0 Å². The molecule has 0 spiro atoms. The molecule has 4 nitrogen and oxygen atoms in total. The third kappa shape index (κ3) is 3.39. The second kappa shape index (κ2) is 6.26. The van der Waals surface area contributed by atoms with Crippen LogP contribution in [-0.4, -0.2) is 43.4 Å². The number of nitrogens with zero attached hydrogens (tertiary/aromatic N) is 1. The molecular formula is C15H23NO3. The fourth-order valence-electron chi connectivity index (χ4n) is 2.51. The summed E-state index contributed by atoms with van der Waals surface area (Å²) in [5.41, 5.74) is 2.47. The molecule has 0 unspecified atom stereocenters. The van der Waals surface area contributed by atoms with Crippen molar-refractivity contribution in [3.63, 3.8) is 0 Å². The third-order valence-electron chi connectivity index (χ3n) is 3.79. The monoisotopic (exact) mass is 265 g/mol. The molecule has 4 heteroatoms. The normalized spacial score (nSPS) is 17.5. The maximum Gasteiger partial charge on any atom is 0.161 e. The van der Waals surface area contributed by atoms with Crippen molar-refractivity contribution in [3.8, 4) is 11.5 Å². The lowest BCUT2D eigenvalue weighted by Crippen LogP contribution is -2.35. The largest absolute Gasteiger partial charge is 0.493 e. The van der Waals surface area contributed by atoms with E-state index >= 15 is 0 Å². The first-order valence-corrected chi connectivity index (χ1v) is 6.76. The van der Waals surface area contributed by atoms with Crippen molar-refractivity contribution >= 4 is 0 Å². The van der Waals surface area contributed by atoms with Crippen molar-refractivity contribution in [1.82, 2.24) is 4.90 Å². The van der Waals surface area contributed by atoms with E-state index in [2.05, 4.69) is 17.9 Å². The molecule has 1 aliphatic heterocycles. The van der Waals surface area contributed by atoms with Gasteiger partial charge in [0, 0.05) is 19.6 Å². The summed E-state index contributed by atoms with van der Waals surface area (Å²) in [6, 6.07) is 4.08. The number of benzene rings is 1. The molecule has 0 aromatic heterocycles. The van der Waals surface area contributed by atoms with Gasteiger partial charge in [0.2, 0.25) is 0 Å². The van der Waals surface area contributed by atoms with E-state index in [1.807, 2.05) is 6.07 Å². The van der Waals surface area contributed by atoms with Crippen molar-refractivity contribution < 1.29 is 14.6 Å². The molecule has 2 rings (SSSR count). The molecule has 19 heavy (non-hydrogen) atoms. The smallest absolute Gasteiger partial charge is 0.161 e. The highest BCUT2D eigenvalue weighted by Crippen LogP contribution is 2.31. The summed E-state index contributed by atoms with van der Waals surface area (Å²) in [6.07, 6.45) is 1.61. The molecule has 0 aliphatic carbocycles. The molecule has 1 aliphatic rings. The molecule has 1 N–H and O–H groups in total. The van der Waals surface area contributed by atoms with E-state index < -0.39 is 0 Å². The molecular weight excluding hydrogens is 242 g/mol. The average molecular weight is 265 g/mol. The number of aliphatic hydroxyl groups is 1. The van der Waals surface area contributed by atoms with Gasteiger partial charge in [-0.25, -0.2) is 0 Å². The molecule has 1 heterocycles. The summed E-state index contributed by atoms with van der Waals surface area (Å²) in [7, 11) is 3.32. The summed E-state index contributed by atoms with van der Waals surface area (Å²) in [5, 5.41) is 9.53. The van der Waals surface area contributed by atoms with Gasteiger partial charge in [-0.15, -0.1) is 0 Å². The van der Waals surface area contributed by atoms with Gasteiger partial charge in [0.15, 0.2) is 11.5 Å². The summed E-state index contributed by atoms with van der Waals surface area (Å²) in [5.74, 6) is 1.55. The van der Waals surface area contributed by atoms with Gasteiger partial charge in [0.1, 0.15) is 0 Å². The summed E-state index contributed by atoms with van der Waals surface area (Å²) in [6.45, 7) is 4.90. The van der Waals surface area contributed by atoms with Gasteiger partial charge in [-0.2, -0.15) is 0 Å². The number of likely N-dealkylation sites (tertiary alicyclic amines) is 1. The number of rotatable bonds is 4. The minimum atomic E-state index is -0.122. The van der Waals surface area contributed by atoms with Gasteiger partial charge in [-0.05, 0) is 43.0 Å². The second-order valence-corrected chi connectivity index (χ2v) is 5.14. The number of ether oxygens (including phenoxy) is 2. The lowest BCUT2D eigenvalue weighted by molar-refractivity contribution is 0.0791. The second-order valence-electron chi connectivity index (χ2n) is 5.14. The predicted octanol–water partition coefficient (Wildman–Crippen LogP) is 1.97. The van der Waals surface area contributed by atoms with Crippen LogP contribution in [0.5, 0.6) is 11.5 Å². The lowest BCUT2D eigenvalue weighted by Gasteiger charge is -2.30. The Bertz CT molecular complexity index is 426. The van der Waals surface area contributed by atoms with Crippen LogP contribution in [0.3, 0.4) is 0 Å². The van der Waals surface area contributed by atoms with E-state index in [-0.39, 0.29) is 6.10 Å². The van der Waals surface area contributed by atoms with Crippen LogP contribution in [0.1, 0.15) is 24.0 Å². The van der Waals surface area contributed by atoms with Crippen molar-refractivity contribution in [2.45, 2.75) is 32.4 Å². The zero-order chi connectivity index (χ0) is 13.8. The van der Waals surface area contributed by atoms with Crippen molar-refractivity contribution in [2.75, 3.05) is 27.3 Å². The van der Waals surface area contributed by atoms with Crippen molar-refractivity contribution in [3.05, 3.63) is 23.3 Å². The van der Waals surface area contributed by atoms with Crippen molar-refractivity contribution in [2.24, 2.45) is 0 Å². The van der Waals surface area contributed by atoms with E-state index in [1.165, 1.54) is 11.1 Å². The minimum Gasteiger partial charge on any atom is -0.493 e. The Morgan fingerprint density at radius 1 is 1.16 bits per heavy atom. The Hall–Kier alpha value is -1.26. The van der Waals surface area contributed by atoms with Gasteiger partial charge in [0.25, 0.3) is 0 Å². The highest BCUT2D eigenvalue weighted by atomic mass is 16.5. The van der Waals surface area contributed by atoms with E-state index in [0.717, 1.165) is 44.0 Å². The molecule has 0 amide bonds. The van der Waals surface area contributed by atoms with E-state index in [1.54, 1.807) is 14.2 Å². The van der Waals surface area contributed by atoms with Crippen molar-refractivity contribution in [1.29, 1.82) is 0 Å². The molecule has 1 fully saturated rings. The summed E-state index contributed by atoms with van der Waals surface area (Å²) in [4.78, 5) is 2.38. The van der Waals surface area contributed by atoms with Crippen LogP contribution < -0.4 is 9.47 Å². The molecule has 0 radical (unpaired) electrons. The molecule has 106 valence electrons. The average Bonchev–Trinajstić information content (AvgIpc) is 2.43. The predicted molar refractivity (Wildman–Crippen MR) is 74.8 cm³/mol. The van der Waals surface area contributed by atoms with Gasteiger partial charge >= 0.3 is 0 Å². The van der Waals surface area contributed by atoms with Crippen LogP contribution in [-0.2, 0) is 6.54 Å². The van der Waals surface area contributed by atoms with Crippen LogP contribution in [0.15, 0.2) is 12.1 Å². The summed E-state index contributed by atoms with van der Waals surface area (Å²) < 4.78 is 10.7. The number of aryl methyl sites for hydroxylation is 1. The van der Waals surface area contributed by atoms with E-state index in [0.29, 0.717) is 0 Å². The molecule has 0 saturated carbocycles. The number of methoxy groups -OCH3 is 2.